The maximum atomic E-state index is 11.5. The molecule has 8 nitrogen and oxygen atoms in total. The highest BCUT2D eigenvalue weighted by Crippen LogP contribution is 2.24. The Bertz CT molecular complexity index is 1020. The van der Waals surface area contributed by atoms with Gasteiger partial charge in [0.25, 0.3) is 0 Å². The Balaban J connectivity index is 1.82. The van der Waals surface area contributed by atoms with Crippen LogP contribution in [0.1, 0.15) is 6.42 Å². The molecule has 3 heterocycles. The Kier molecular flexibility index (Phi) is 3.85. The van der Waals surface area contributed by atoms with Crippen molar-refractivity contribution >= 4 is 37.8 Å². The van der Waals surface area contributed by atoms with E-state index in [0.717, 1.165) is 22.1 Å². The first-order valence-corrected chi connectivity index (χ1v) is 8.48. The lowest BCUT2D eigenvalue weighted by atomic mass is 10.2. The van der Waals surface area contributed by atoms with Gasteiger partial charge in [-0.2, -0.15) is 5.26 Å². The first kappa shape index (κ1) is 15.2. The number of nitrogens with zero attached hydrogens (tertiary/aromatic N) is 4. The summed E-state index contributed by atoms with van der Waals surface area (Å²) in [5, 5.41) is 9.37. The molecule has 0 aliphatic carbocycles. The molecule has 0 bridgehead atoms. The van der Waals surface area contributed by atoms with Crippen molar-refractivity contribution in [3.8, 4) is 6.07 Å². The van der Waals surface area contributed by atoms with Crippen molar-refractivity contribution in [2.45, 2.75) is 6.42 Å². The summed E-state index contributed by atoms with van der Waals surface area (Å²) >= 11 is 0. The SMILES string of the molecule is C=C(CCNS(=O)(=O)CC#N)n1cnc2cnc3[nH]ccc3c21. The Labute approximate surface area is 132 Å². The van der Waals surface area contributed by atoms with Crippen LogP contribution in [0.15, 0.2) is 31.4 Å². The predicted octanol–water partition coefficient (Wildman–Crippen LogP) is 1.22. The number of imidazole rings is 1. The summed E-state index contributed by atoms with van der Waals surface area (Å²) in [6.45, 7) is 4.17. The minimum atomic E-state index is -3.56. The molecule has 23 heavy (non-hydrogen) atoms. The highest BCUT2D eigenvalue weighted by molar-refractivity contribution is 7.89. The van der Waals surface area contributed by atoms with Gasteiger partial charge >= 0.3 is 0 Å². The quantitative estimate of drug-likeness (QED) is 0.705. The third-order valence-electron chi connectivity index (χ3n) is 3.42. The molecule has 3 rings (SSSR count). The van der Waals surface area contributed by atoms with Crippen molar-refractivity contribution in [1.82, 2.24) is 24.2 Å². The molecule has 0 aliphatic heterocycles. The van der Waals surface area contributed by atoms with Gasteiger partial charge in [-0.3, -0.25) is 0 Å². The smallest absolute Gasteiger partial charge is 0.225 e. The first-order valence-electron chi connectivity index (χ1n) is 6.83. The first-order chi connectivity index (χ1) is 11.0. The van der Waals surface area contributed by atoms with E-state index in [0.29, 0.717) is 12.1 Å². The monoisotopic (exact) mass is 330 g/mol. The Morgan fingerprint density at radius 2 is 2.30 bits per heavy atom. The lowest BCUT2D eigenvalue weighted by Gasteiger charge is -2.09. The van der Waals surface area contributed by atoms with Gasteiger partial charge in [0, 0.05) is 30.2 Å². The average molecular weight is 330 g/mol. The molecule has 0 amide bonds. The largest absolute Gasteiger partial charge is 0.346 e. The average Bonchev–Trinajstić information content (AvgIpc) is 3.12. The van der Waals surface area contributed by atoms with Gasteiger partial charge in [0.15, 0.2) is 5.75 Å². The van der Waals surface area contributed by atoms with Gasteiger partial charge in [-0.1, -0.05) is 6.58 Å². The fraction of sp³-hybridized carbons (Fsp3) is 0.214. The van der Waals surface area contributed by atoms with Crippen LogP contribution in [0.4, 0.5) is 0 Å². The number of sulfonamides is 1. The summed E-state index contributed by atoms with van der Waals surface area (Å²) < 4.78 is 27.1. The van der Waals surface area contributed by atoms with Crippen molar-refractivity contribution in [2.24, 2.45) is 0 Å². The van der Waals surface area contributed by atoms with Crippen molar-refractivity contribution in [2.75, 3.05) is 12.3 Å². The molecule has 0 radical (unpaired) electrons. The zero-order valence-corrected chi connectivity index (χ0v) is 13.0. The van der Waals surface area contributed by atoms with Crippen LogP contribution >= 0.6 is 0 Å². The lowest BCUT2D eigenvalue weighted by Crippen LogP contribution is -2.27. The number of rotatable bonds is 6. The number of fused-ring (bicyclic) bond motifs is 3. The van der Waals surface area contributed by atoms with E-state index in [2.05, 4.69) is 26.3 Å². The Morgan fingerprint density at radius 1 is 1.48 bits per heavy atom. The van der Waals surface area contributed by atoms with Crippen LogP contribution in [0.2, 0.25) is 0 Å². The van der Waals surface area contributed by atoms with Crippen molar-refractivity contribution in [3.63, 3.8) is 0 Å². The van der Waals surface area contributed by atoms with E-state index in [1.165, 1.54) is 0 Å². The van der Waals surface area contributed by atoms with Crippen LogP contribution in [-0.2, 0) is 10.0 Å². The highest BCUT2D eigenvalue weighted by Gasteiger charge is 2.12. The molecule has 0 atom stereocenters. The molecule has 9 heteroatoms. The van der Waals surface area contributed by atoms with E-state index in [1.54, 1.807) is 24.8 Å². The summed E-state index contributed by atoms with van der Waals surface area (Å²) in [7, 11) is -3.56. The summed E-state index contributed by atoms with van der Waals surface area (Å²) in [5.41, 5.74) is 3.06. The van der Waals surface area contributed by atoms with E-state index in [-0.39, 0.29) is 6.54 Å². The van der Waals surface area contributed by atoms with Crippen LogP contribution < -0.4 is 4.72 Å². The molecule has 2 N–H and O–H groups in total. The van der Waals surface area contributed by atoms with Crippen LogP contribution in [-0.4, -0.2) is 40.2 Å². The lowest BCUT2D eigenvalue weighted by molar-refractivity contribution is 0.585. The summed E-state index contributed by atoms with van der Waals surface area (Å²) in [6.07, 6.45) is 5.51. The fourth-order valence-electron chi connectivity index (χ4n) is 2.36. The topological polar surface area (TPSA) is 116 Å². The second kappa shape index (κ2) is 5.83. The molecule has 0 fully saturated rings. The maximum Gasteiger partial charge on any atom is 0.225 e. The standard InChI is InChI=1S/C14H14N6O2S/c1-10(2-6-19-23(21,22)7-4-15)20-9-18-12-8-17-14-11(13(12)20)3-5-16-14/h3,5,8-9,19H,1-2,6-7H2,(H,16,17). The number of nitrogens with one attached hydrogen (secondary N) is 2. The molecule has 0 aliphatic rings. The van der Waals surface area contributed by atoms with E-state index in [4.69, 9.17) is 5.26 Å². The second-order valence-corrected chi connectivity index (χ2v) is 6.78. The summed E-state index contributed by atoms with van der Waals surface area (Å²) in [5.74, 6) is -0.552. The van der Waals surface area contributed by atoms with Crippen LogP contribution in [0.5, 0.6) is 0 Å². The van der Waals surface area contributed by atoms with E-state index < -0.39 is 15.8 Å². The molecule has 3 aromatic heterocycles. The Morgan fingerprint density at radius 3 is 3.09 bits per heavy atom. The molecule has 3 aromatic rings. The van der Waals surface area contributed by atoms with Gasteiger partial charge in [-0.25, -0.2) is 23.1 Å². The van der Waals surface area contributed by atoms with Gasteiger partial charge in [0.1, 0.15) is 17.5 Å². The number of hydrogen-bond donors (Lipinski definition) is 2. The number of pyridine rings is 1. The molecule has 0 saturated carbocycles. The van der Waals surface area contributed by atoms with Crippen LogP contribution in [0.3, 0.4) is 0 Å². The normalized spacial score (nSPS) is 11.8. The fourth-order valence-corrected chi connectivity index (χ4v) is 3.04. The molecule has 0 unspecified atom stereocenters. The van der Waals surface area contributed by atoms with Gasteiger partial charge < -0.3 is 9.55 Å². The van der Waals surface area contributed by atoms with E-state index in [1.807, 2.05) is 10.6 Å². The number of aromatic amines is 1. The summed E-state index contributed by atoms with van der Waals surface area (Å²) in [6, 6.07) is 3.52. The maximum absolute atomic E-state index is 11.5. The molecule has 0 spiro atoms. The van der Waals surface area contributed by atoms with Gasteiger partial charge in [-0.05, 0) is 6.07 Å². The van der Waals surface area contributed by atoms with E-state index >= 15 is 0 Å². The third kappa shape index (κ3) is 2.94. The van der Waals surface area contributed by atoms with Crippen molar-refractivity contribution in [3.05, 3.63) is 31.4 Å². The molecular weight excluding hydrogens is 316 g/mol. The van der Waals surface area contributed by atoms with Gasteiger partial charge in [0.05, 0.1) is 17.8 Å². The molecule has 0 aromatic carbocycles. The van der Waals surface area contributed by atoms with Gasteiger partial charge in [-0.15, -0.1) is 0 Å². The number of nitriles is 1. The van der Waals surface area contributed by atoms with Crippen LogP contribution in [0, 0.1) is 11.3 Å². The summed E-state index contributed by atoms with van der Waals surface area (Å²) in [4.78, 5) is 11.6. The zero-order chi connectivity index (χ0) is 16.4. The third-order valence-corrected chi connectivity index (χ3v) is 4.58. The number of hydrogen-bond acceptors (Lipinski definition) is 5. The Hall–Kier alpha value is -2.70. The van der Waals surface area contributed by atoms with Gasteiger partial charge in [0.2, 0.25) is 10.0 Å². The number of H-pyrrole nitrogens is 1. The predicted molar refractivity (Wildman–Crippen MR) is 86.7 cm³/mol. The zero-order valence-electron chi connectivity index (χ0n) is 12.2. The minimum absolute atomic E-state index is 0.171. The highest BCUT2D eigenvalue weighted by atomic mass is 32.2. The minimum Gasteiger partial charge on any atom is -0.346 e. The number of aromatic nitrogens is 4. The molecule has 118 valence electrons. The van der Waals surface area contributed by atoms with Crippen LogP contribution in [0.25, 0.3) is 27.8 Å². The van der Waals surface area contributed by atoms with E-state index in [9.17, 15) is 8.42 Å². The molecular formula is C14H14N6O2S. The molecule has 0 saturated heterocycles. The van der Waals surface area contributed by atoms with Crippen molar-refractivity contribution in [1.29, 1.82) is 5.26 Å². The second-order valence-electron chi connectivity index (χ2n) is 4.97. The van der Waals surface area contributed by atoms with Crippen molar-refractivity contribution < 1.29 is 8.42 Å².